The summed E-state index contributed by atoms with van der Waals surface area (Å²) in [6, 6.07) is 0. The number of hydrogen-bond acceptors (Lipinski definition) is 5. The lowest BCUT2D eigenvalue weighted by molar-refractivity contribution is -0.140. The number of hydrogen-bond donors (Lipinski definition) is 0. The molecule has 5 nitrogen and oxygen atoms in total. The fraction of sp³-hybridized carbons (Fsp3) is 0.636. The van der Waals surface area contributed by atoms with Gasteiger partial charge in [0, 0.05) is 5.57 Å². The molecule has 92 valence electrons. The number of esters is 1. The molecule has 5 heteroatoms. The first-order chi connectivity index (χ1) is 7.57. The standard InChI is InChI=1S/C11H18O5/c1-4-5-6-15-11(13)16-8-7-14-10(12)9(2)3/h2,4-8H2,1,3H3. The highest BCUT2D eigenvalue weighted by Gasteiger charge is 2.05. The van der Waals surface area contributed by atoms with Crippen LogP contribution in [0.5, 0.6) is 0 Å². The molecule has 0 N–H and O–H groups in total. The van der Waals surface area contributed by atoms with Gasteiger partial charge in [-0.1, -0.05) is 19.9 Å². The molecule has 0 aliphatic heterocycles. The maximum Gasteiger partial charge on any atom is 0.508 e. The van der Waals surface area contributed by atoms with Crippen LogP contribution in [-0.4, -0.2) is 31.9 Å². The number of carbonyl (C=O) groups is 2. The minimum Gasteiger partial charge on any atom is -0.459 e. The monoisotopic (exact) mass is 230 g/mol. The minimum atomic E-state index is -0.736. The predicted octanol–water partition coefficient (Wildman–Crippen LogP) is 2.06. The molecule has 16 heavy (non-hydrogen) atoms. The van der Waals surface area contributed by atoms with Crippen LogP contribution in [0, 0.1) is 0 Å². The van der Waals surface area contributed by atoms with Gasteiger partial charge < -0.3 is 14.2 Å². The number of carbonyl (C=O) groups excluding carboxylic acids is 2. The molecule has 0 amide bonds. The van der Waals surface area contributed by atoms with Crippen molar-refractivity contribution in [1.82, 2.24) is 0 Å². The lowest BCUT2D eigenvalue weighted by Gasteiger charge is -2.06. The van der Waals surface area contributed by atoms with E-state index in [2.05, 4.69) is 11.3 Å². The van der Waals surface area contributed by atoms with Crippen LogP contribution in [0.25, 0.3) is 0 Å². The third-order valence-corrected chi connectivity index (χ3v) is 1.60. The van der Waals surface area contributed by atoms with Crippen LogP contribution in [-0.2, 0) is 19.0 Å². The van der Waals surface area contributed by atoms with Gasteiger partial charge in [0.25, 0.3) is 0 Å². The minimum absolute atomic E-state index is 0.00850. The summed E-state index contributed by atoms with van der Waals surface area (Å²) in [5, 5.41) is 0. The van der Waals surface area contributed by atoms with Crippen molar-refractivity contribution in [2.24, 2.45) is 0 Å². The van der Waals surface area contributed by atoms with Crippen molar-refractivity contribution in [3.05, 3.63) is 12.2 Å². The van der Waals surface area contributed by atoms with Crippen molar-refractivity contribution in [3.8, 4) is 0 Å². The summed E-state index contributed by atoms with van der Waals surface area (Å²) < 4.78 is 14.1. The van der Waals surface area contributed by atoms with Crippen molar-refractivity contribution in [2.75, 3.05) is 19.8 Å². The summed E-state index contributed by atoms with van der Waals surface area (Å²) in [6.45, 7) is 7.29. The molecule has 0 aromatic heterocycles. The zero-order valence-corrected chi connectivity index (χ0v) is 9.78. The predicted molar refractivity (Wildman–Crippen MR) is 58.0 cm³/mol. The summed E-state index contributed by atoms with van der Waals surface area (Å²) >= 11 is 0. The second-order valence-corrected chi connectivity index (χ2v) is 3.22. The molecule has 0 fully saturated rings. The molecule has 0 rings (SSSR count). The molecule has 0 aromatic rings. The number of rotatable bonds is 7. The fourth-order valence-electron chi connectivity index (χ4n) is 0.724. The maximum atomic E-state index is 10.9. The lowest BCUT2D eigenvalue weighted by atomic mass is 10.4. The van der Waals surface area contributed by atoms with Gasteiger partial charge in [-0.2, -0.15) is 0 Å². The summed E-state index contributed by atoms with van der Waals surface area (Å²) in [4.78, 5) is 21.8. The SMILES string of the molecule is C=C(C)C(=O)OCCOC(=O)OCCCC. The highest BCUT2D eigenvalue weighted by Crippen LogP contribution is 1.94. The molecule has 0 aliphatic carbocycles. The van der Waals surface area contributed by atoms with E-state index in [0.717, 1.165) is 12.8 Å². The average molecular weight is 230 g/mol. The van der Waals surface area contributed by atoms with Crippen molar-refractivity contribution in [3.63, 3.8) is 0 Å². The zero-order valence-electron chi connectivity index (χ0n) is 9.78. The molecule has 0 spiro atoms. The van der Waals surface area contributed by atoms with Gasteiger partial charge >= 0.3 is 12.1 Å². The fourth-order valence-corrected chi connectivity index (χ4v) is 0.724. The Bertz CT molecular complexity index is 247. The third kappa shape index (κ3) is 7.84. The van der Waals surface area contributed by atoms with Crippen LogP contribution in [0.15, 0.2) is 12.2 Å². The first-order valence-electron chi connectivity index (χ1n) is 5.20. The van der Waals surface area contributed by atoms with E-state index in [-0.39, 0.29) is 13.2 Å². The van der Waals surface area contributed by atoms with Crippen LogP contribution >= 0.6 is 0 Å². The van der Waals surface area contributed by atoms with Gasteiger partial charge in [-0.15, -0.1) is 0 Å². The Morgan fingerprint density at radius 1 is 1.06 bits per heavy atom. The quantitative estimate of drug-likeness (QED) is 0.380. The molecule has 0 aliphatic rings. The van der Waals surface area contributed by atoms with E-state index in [1.807, 2.05) is 6.92 Å². The van der Waals surface area contributed by atoms with Crippen LogP contribution in [0.1, 0.15) is 26.7 Å². The molecular weight excluding hydrogens is 212 g/mol. The van der Waals surface area contributed by atoms with Gasteiger partial charge in [-0.3, -0.25) is 0 Å². The zero-order chi connectivity index (χ0) is 12.4. The van der Waals surface area contributed by atoms with Crippen molar-refractivity contribution in [2.45, 2.75) is 26.7 Å². The normalized spacial score (nSPS) is 9.38. The van der Waals surface area contributed by atoms with Gasteiger partial charge in [-0.25, -0.2) is 9.59 Å². The van der Waals surface area contributed by atoms with Crippen molar-refractivity contribution < 1.29 is 23.8 Å². The largest absolute Gasteiger partial charge is 0.508 e. The van der Waals surface area contributed by atoms with E-state index in [1.165, 1.54) is 0 Å². The molecule has 0 bridgehead atoms. The highest BCUT2D eigenvalue weighted by atomic mass is 16.7. The number of unbranched alkanes of at least 4 members (excludes halogenated alkanes) is 1. The van der Waals surface area contributed by atoms with Crippen LogP contribution in [0.3, 0.4) is 0 Å². The highest BCUT2D eigenvalue weighted by molar-refractivity contribution is 5.86. The van der Waals surface area contributed by atoms with Gasteiger partial charge in [0.1, 0.15) is 13.2 Å². The molecule has 0 heterocycles. The Labute approximate surface area is 95.4 Å². The van der Waals surface area contributed by atoms with E-state index in [1.54, 1.807) is 6.92 Å². The van der Waals surface area contributed by atoms with Crippen LogP contribution < -0.4 is 0 Å². The van der Waals surface area contributed by atoms with Crippen molar-refractivity contribution >= 4 is 12.1 Å². The molecule has 0 saturated carbocycles. The van der Waals surface area contributed by atoms with Gasteiger partial charge in [0.05, 0.1) is 6.61 Å². The first-order valence-corrected chi connectivity index (χ1v) is 5.20. The molecule has 0 atom stereocenters. The van der Waals surface area contributed by atoms with Crippen LogP contribution in [0.2, 0.25) is 0 Å². The third-order valence-electron chi connectivity index (χ3n) is 1.60. The van der Waals surface area contributed by atoms with E-state index in [0.29, 0.717) is 12.2 Å². The number of ether oxygens (including phenoxy) is 3. The summed E-state index contributed by atoms with van der Waals surface area (Å²) in [5.74, 6) is -0.497. The second-order valence-electron chi connectivity index (χ2n) is 3.22. The maximum absolute atomic E-state index is 10.9. The van der Waals surface area contributed by atoms with E-state index in [9.17, 15) is 9.59 Å². The van der Waals surface area contributed by atoms with E-state index >= 15 is 0 Å². The van der Waals surface area contributed by atoms with E-state index in [4.69, 9.17) is 9.47 Å². The Balaban J connectivity index is 3.41. The Kier molecular flexibility index (Phi) is 7.93. The summed E-state index contributed by atoms with van der Waals surface area (Å²) in [6.07, 6.45) is 1.02. The smallest absolute Gasteiger partial charge is 0.459 e. The molecule has 0 saturated heterocycles. The van der Waals surface area contributed by atoms with Crippen molar-refractivity contribution in [1.29, 1.82) is 0 Å². The van der Waals surface area contributed by atoms with Gasteiger partial charge in [-0.05, 0) is 13.3 Å². The molecular formula is C11H18O5. The molecule has 0 aromatic carbocycles. The summed E-state index contributed by atoms with van der Waals surface area (Å²) in [7, 11) is 0. The van der Waals surface area contributed by atoms with Crippen LogP contribution in [0.4, 0.5) is 4.79 Å². The first kappa shape index (κ1) is 14.5. The lowest BCUT2D eigenvalue weighted by Crippen LogP contribution is -2.15. The van der Waals surface area contributed by atoms with Gasteiger partial charge in [0.2, 0.25) is 0 Å². The van der Waals surface area contributed by atoms with E-state index < -0.39 is 12.1 Å². The summed E-state index contributed by atoms with van der Waals surface area (Å²) in [5.41, 5.74) is 0.311. The average Bonchev–Trinajstić information content (AvgIpc) is 2.24. The topological polar surface area (TPSA) is 61.8 Å². The molecule has 0 unspecified atom stereocenters. The van der Waals surface area contributed by atoms with Gasteiger partial charge in [0.15, 0.2) is 0 Å². The Morgan fingerprint density at radius 2 is 1.62 bits per heavy atom. The Hall–Kier alpha value is -1.52. The Morgan fingerprint density at radius 3 is 2.19 bits per heavy atom. The second kappa shape index (κ2) is 8.76. The molecule has 0 radical (unpaired) electrons.